The summed E-state index contributed by atoms with van der Waals surface area (Å²) in [6, 6.07) is 5.81. The number of rotatable bonds is 3. The van der Waals surface area contributed by atoms with E-state index >= 15 is 0 Å². The monoisotopic (exact) mass is 174 g/mol. The molecule has 0 saturated carbocycles. The number of pyridine rings is 1. The summed E-state index contributed by atoms with van der Waals surface area (Å²) in [4.78, 5) is 4.36. The molecule has 0 aliphatic carbocycles. The molecule has 0 fully saturated rings. The average Bonchev–Trinajstić information content (AvgIpc) is 2.14. The molecule has 0 aromatic carbocycles. The SMILES string of the molecule is C#CC(NCC)c1cccc(C)n1. The summed E-state index contributed by atoms with van der Waals surface area (Å²) >= 11 is 0. The Bertz CT molecular complexity index is 312. The zero-order valence-corrected chi connectivity index (χ0v) is 8.04. The predicted octanol–water partition coefficient (Wildman–Crippen LogP) is 1.67. The van der Waals surface area contributed by atoms with Crippen LogP contribution in [-0.2, 0) is 0 Å². The zero-order valence-electron chi connectivity index (χ0n) is 8.04. The molecule has 13 heavy (non-hydrogen) atoms. The van der Waals surface area contributed by atoms with Crippen LogP contribution in [-0.4, -0.2) is 11.5 Å². The molecule has 0 aliphatic rings. The smallest absolute Gasteiger partial charge is 0.111 e. The molecule has 0 bridgehead atoms. The van der Waals surface area contributed by atoms with Gasteiger partial charge < -0.3 is 0 Å². The standard InChI is InChI=1S/C11H14N2/c1-4-10(12-5-2)11-8-6-7-9(3)13-11/h1,6-8,10,12H,5H2,2-3H3. The van der Waals surface area contributed by atoms with Gasteiger partial charge in [-0.05, 0) is 25.6 Å². The topological polar surface area (TPSA) is 24.9 Å². The van der Waals surface area contributed by atoms with E-state index in [4.69, 9.17) is 6.42 Å². The third kappa shape index (κ3) is 2.57. The maximum absolute atomic E-state index is 5.39. The molecule has 68 valence electrons. The summed E-state index contributed by atoms with van der Waals surface area (Å²) in [5, 5.41) is 3.18. The number of hydrogen-bond acceptors (Lipinski definition) is 2. The van der Waals surface area contributed by atoms with Crippen LogP contribution in [0, 0.1) is 19.3 Å². The number of aryl methyl sites for hydroxylation is 1. The van der Waals surface area contributed by atoms with E-state index in [9.17, 15) is 0 Å². The van der Waals surface area contributed by atoms with Gasteiger partial charge in [0.2, 0.25) is 0 Å². The van der Waals surface area contributed by atoms with Crippen LogP contribution in [0.25, 0.3) is 0 Å². The Labute approximate surface area is 79.4 Å². The van der Waals surface area contributed by atoms with Crippen molar-refractivity contribution in [3.8, 4) is 12.3 Å². The fourth-order valence-electron chi connectivity index (χ4n) is 1.18. The second kappa shape index (κ2) is 4.64. The Morgan fingerprint density at radius 1 is 1.62 bits per heavy atom. The van der Waals surface area contributed by atoms with Crippen LogP contribution in [0.1, 0.15) is 24.4 Å². The molecule has 1 heterocycles. The van der Waals surface area contributed by atoms with E-state index in [1.807, 2.05) is 32.0 Å². The van der Waals surface area contributed by atoms with Crippen molar-refractivity contribution in [3.63, 3.8) is 0 Å². The highest BCUT2D eigenvalue weighted by Crippen LogP contribution is 2.08. The lowest BCUT2D eigenvalue weighted by atomic mass is 10.2. The normalized spacial score (nSPS) is 12.1. The van der Waals surface area contributed by atoms with Gasteiger partial charge in [-0.15, -0.1) is 6.42 Å². The van der Waals surface area contributed by atoms with Gasteiger partial charge in [-0.1, -0.05) is 18.9 Å². The lowest BCUT2D eigenvalue weighted by molar-refractivity contribution is 0.647. The molecule has 1 unspecified atom stereocenters. The van der Waals surface area contributed by atoms with Crippen molar-refractivity contribution in [2.24, 2.45) is 0 Å². The zero-order chi connectivity index (χ0) is 9.68. The molecule has 0 aliphatic heterocycles. The van der Waals surface area contributed by atoms with Crippen LogP contribution in [0.3, 0.4) is 0 Å². The lowest BCUT2D eigenvalue weighted by Gasteiger charge is -2.10. The van der Waals surface area contributed by atoms with Gasteiger partial charge in [0, 0.05) is 5.69 Å². The van der Waals surface area contributed by atoms with Gasteiger partial charge >= 0.3 is 0 Å². The van der Waals surface area contributed by atoms with Crippen LogP contribution in [0.2, 0.25) is 0 Å². The molecule has 2 heteroatoms. The second-order valence-electron chi connectivity index (χ2n) is 2.86. The van der Waals surface area contributed by atoms with Crippen LogP contribution in [0.5, 0.6) is 0 Å². The van der Waals surface area contributed by atoms with Crippen molar-refractivity contribution >= 4 is 0 Å². The second-order valence-corrected chi connectivity index (χ2v) is 2.86. The minimum absolute atomic E-state index is 0.0649. The van der Waals surface area contributed by atoms with Gasteiger partial charge in [0.05, 0.1) is 5.69 Å². The van der Waals surface area contributed by atoms with E-state index in [2.05, 4.69) is 16.2 Å². The first kappa shape index (κ1) is 9.76. The van der Waals surface area contributed by atoms with Gasteiger partial charge in [0.15, 0.2) is 0 Å². The largest absolute Gasteiger partial charge is 0.299 e. The fourth-order valence-corrected chi connectivity index (χ4v) is 1.18. The fraction of sp³-hybridized carbons (Fsp3) is 0.364. The highest BCUT2D eigenvalue weighted by molar-refractivity contribution is 5.20. The minimum Gasteiger partial charge on any atom is -0.299 e. The molecule has 0 radical (unpaired) electrons. The summed E-state index contributed by atoms with van der Waals surface area (Å²) < 4.78 is 0. The Hall–Kier alpha value is -1.33. The van der Waals surface area contributed by atoms with Crippen molar-refractivity contribution < 1.29 is 0 Å². The summed E-state index contributed by atoms with van der Waals surface area (Å²) in [6.07, 6.45) is 5.39. The first-order valence-corrected chi connectivity index (χ1v) is 4.41. The van der Waals surface area contributed by atoms with E-state index in [-0.39, 0.29) is 6.04 Å². The summed E-state index contributed by atoms with van der Waals surface area (Å²) in [6.45, 7) is 4.84. The number of nitrogens with one attached hydrogen (secondary N) is 1. The van der Waals surface area contributed by atoms with Gasteiger partial charge in [-0.2, -0.15) is 0 Å². The molecule has 0 amide bonds. The van der Waals surface area contributed by atoms with Gasteiger partial charge in [0.25, 0.3) is 0 Å². The van der Waals surface area contributed by atoms with Crippen LogP contribution in [0.4, 0.5) is 0 Å². The van der Waals surface area contributed by atoms with Crippen molar-refractivity contribution in [3.05, 3.63) is 29.6 Å². The van der Waals surface area contributed by atoms with E-state index in [0.717, 1.165) is 17.9 Å². The first-order chi connectivity index (χ1) is 6.27. The number of aromatic nitrogens is 1. The van der Waals surface area contributed by atoms with Crippen molar-refractivity contribution in [1.29, 1.82) is 0 Å². The molecule has 0 saturated heterocycles. The maximum Gasteiger partial charge on any atom is 0.111 e. The van der Waals surface area contributed by atoms with Gasteiger partial charge in [-0.25, -0.2) is 0 Å². The summed E-state index contributed by atoms with van der Waals surface area (Å²) in [7, 11) is 0. The molecule has 1 rings (SSSR count). The molecular weight excluding hydrogens is 160 g/mol. The lowest BCUT2D eigenvalue weighted by Crippen LogP contribution is -2.20. The highest BCUT2D eigenvalue weighted by atomic mass is 14.9. The van der Waals surface area contributed by atoms with Crippen molar-refractivity contribution in [1.82, 2.24) is 10.3 Å². The van der Waals surface area contributed by atoms with Crippen LogP contribution >= 0.6 is 0 Å². The average molecular weight is 174 g/mol. The molecule has 2 nitrogen and oxygen atoms in total. The number of terminal acetylenes is 1. The van der Waals surface area contributed by atoms with Crippen LogP contribution < -0.4 is 5.32 Å². The maximum atomic E-state index is 5.39. The summed E-state index contributed by atoms with van der Waals surface area (Å²) in [5.41, 5.74) is 1.92. The third-order valence-electron chi connectivity index (χ3n) is 1.78. The van der Waals surface area contributed by atoms with E-state index in [1.165, 1.54) is 0 Å². The molecular formula is C11H14N2. The van der Waals surface area contributed by atoms with Crippen molar-refractivity contribution in [2.75, 3.05) is 6.54 Å². The molecule has 1 atom stereocenters. The Kier molecular flexibility index (Phi) is 3.48. The minimum atomic E-state index is -0.0649. The number of nitrogens with zero attached hydrogens (tertiary/aromatic N) is 1. The predicted molar refractivity (Wildman–Crippen MR) is 54.2 cm³/mol. The highest BCUT2D eigenvalue weighted by Gasteiger charge is 2.06. The Balaban J connectivity index is 2.86. The molecule has 1 N–H and O–H groups in total. The first-order valence-electron chi connectivity index (χ1n) is 4.41. The van der Waals surface area contributed by atoms with E-state index in [0.29, 0.717) is 0 Å². The Morgan fingerprint density at radius 2 is 2.38 bits per heavy atom. The quantitative estimate of drug-likeness (QED) is 0.705. The molecule has 1 aromatic heterocycles. The van der Waals surface area contributed by atoms with E-state index < -0.39 is 0 Å². The van der Waals surface area contributed by atoms with Crippen molar-refractivity contribution in [2.45, 2.75) is 19.9 Å². The number of hydrogen-bond donors (Lipinski definition) is 1. The third-order valence-corrected chi connectivity index (χ3v) is 1.78. The van der Waals surface area contributed by atoms with Crippen LogP contribution in [0.15, 0.2) is 18.2 Å². The summed E-state index contributed by atoms with van der Waals surface area (Å²) in [5.74, 6) is 2.67. The van der Waals surface area contributed by atoms with E-state index in [1.54, 1.807) is 0 Å². The van der Waals surface area contributed by atoms with Gasteiger partial charge in [-0.3, -0.25) is 10.3 Å². The van der Waals surface area contributed by atoms with Gasteiger partial charge in [0.1, 0.15) is 6.04 Å². The molecule has 0 spiro atoms. The Morgan fingerprint density at radius 3 is 2.92 bits per heavy atom. The molecule has 1 aromatic rings.